The zero-order valence-electron chi connectivity index (χ0n) is 14.1. The second-order valence-electron chi connectivity index (χ2n) is 6.66. The quantitative estimate of drug-likeness (QED) is 0.566. The van der Waals surface area contributed by atoms with Gasteiger partial charge in [0.1, 0.15) is 17.6 Å². The molecule has 4 aromatic rings. The van der Waals surface area contributed by atoms with Crippen LogP contribution in [0.3, 0.4) is 0 Å². The van der Waals surface area contributed by atoms with Crippen molar-refractivity contribution in [1.82, 2.24) is 9.55 Å². The molecule has 1 aromatic heterocycles. The van der Waals surface area contributed by atoms with E-state index in [9.17, 15) is 5.11 Å². The highest BCUT2D eigenvalue weighted by Gasteiger charge is 2.31. The van der Waals surface area contributed by atoms with Gasteiger partial charge in [0.05, 0.1) is 12.4 Å². The van der Waals surface area contributed by atoms with Gasteiger partial charge in [-0.3, -0.25) is 0 Å². The molecule has 1 aliphatic rings. The predicted octanol–water partition coefficient (Wildman–Crippen LogP) is 4.86. The summed E-state index contributed by atoms with van der Waals surface area (Å²) < 4.78 is 8.63. The second kappa shape index (κ2) is 5.92. The van der Waals surface area contributed by atoms with Crippen molar-refractivity contribution in [2.24, 2.45) is 0 Å². The predicted molar refractivity (Wildman–Crippen MR) is 100 cm³/mol. The molecule has 3 aromatic carbocycles. The summed E-state index contributed by atoms with van der Waals surface area (Å²) in [4.78, 5) is 4.23. The number of phenolic OH excluding ortho intramolecular Hbond substituents is 1. The fraction of sp³-hybridized carbons (Fsp3) is 0.136. The summed E-state index contributed by atoms with van der Waals surface area (Å²) in [6, 6.07) is 20.1. The van der Waals surface area contributed by atoms with E-state index in [1.165, 1.54) is 10.9 Å². The fourth-order valence-corrected chi connectivity index (χ4v) is 3.80. The third kappa shape index (κ3) is 2.42. The van der Waals surface area contributed by atoms with E-state index in [1.807, 2.05) is 43.0 Å². The molecule has 0 bridgehead atoms. The summed E-state index contributed by atoms with van der Waals surface area (Å²) in [5, 5.41) is 11.9. The van der Waals surface area contributed by atoms with Crippen LogP contribution in [0.1, 0.15) is 29.7 Å². The van der Waals surface area contributed by atoms with Crippen LogP contribution in [0.15, 0.2) is 79.4 Å². The molecule has 0 spiro atoms. The van der Waals surface area contributed by atoms with Crippen LogP contribution in [0, 0.1) is 0 Å². The number of aromatic nitrogens is 2. The molecular weight excluding hydrogens is 324 g/mol. The van der Waals surface area contributed by atoms with Crippen LogP contribution in [0.5, 0.6) is 11.5 Å². The SMILES string of the molecule is Oc1ccc([C@H]2C[C@H](n3ccnc3)c3ccc4ccccc4c3O2)cc1. The molecule has 0 radical (unpaired) electrons. The number of imidazole rings is 1. The molecule has 0 aliphatic carbocycles. The average molecular weight is 342 g/mol. The molecule has 0 saturated carbocycles. The highest BCUT2D eigenvalue weighted by Crippen LogP contribution is 2.46. The van der Waals surface area contributed by atoms with Crippen molar-refractivity contribution in [1.29, 1.82) is 0 Å². The monoisotopic (exact) mass is 342 g/mol. The number of benzene rings is 3. The molecule has 4 heteroatoms. The Bertz CT molecular complexity index is 1060. The molecule has 128 valence electrons. The molecule has 0 amide bonds. The fourth-order valence-electron chi connectivity index (χ4n) is 3.80. The molecule has 1 N–H and O–H groups in total. The van der Waals surface area contributed by atoms with E-state index < -0.39 is 0 Å². The lowest BCUT2D eigenvalue weighted by molar-refractivity contribution is 0.156. The van der Waals surface area contributed by atoms with Gasteiger partial charge in [0.15, 0.2) is 0 Å². The Labute approximate surface area is 151 Å². The van der Waals surface area contributed by atoms with Crippen LogP contribution in [0.4, 0.5) is 0 Å². The molecule has 2 atom stereocenters. The molecule has 0 fully saturated rings. The zero-order chi connectivity index (χ0) is 17.5. The van der Waals surface area contributed by atoms with Crippen LogP contribution in [0.25, 0.3) is 10.8 Å². The largest absolute Gasteiger partial charge is 0.508 e. The molecule has 1 aliphatic heterocycles. The Hall–Kier alpha value is -3.27. The topological polar surface area (TPSA) is 47.3 Å². The Morgan fingerprint density at radius 1 is 1.00 bits per heavy atom. The summed E-state index contributed by atoms with van der Waals surface area (Å²) in [6.07, 6.45) is 6.41. The molecule has 0 saturated heterocycles. The van der Waals surface area contributed by atoms with Crippen LogP contribution >= 0.6 is 0 Å². The van der Waals surface area contributed by atoms with Crippen molar-refractivity contribution in [3.8, 4) is 11.5 Å². The van der Waals surface area contributed by atoms with Crippen LogP contribution in [-0.2, 0) is 0 Å². The summed E-state index contributed by atoms with van der Waals surface area (Å²) in [5.74, 6) is 1.20. The lowest BCUT2D eigenvalue weighted by Gasteiger charge is -2.34. The highest BCUT2D eigenvalue weighted by atomic mass is 16.5. The van der Waals surface area contributed by atoms with Crippen molar-refractivity contribution in [2.45, 2.75) is 18.6 Å². The van der Waals surface area contributed by atoms with Gasteiger partial charge >= 0.3 is 0 Å². The standard InChI is InChI=1S/C22H18N2O2/c25-17-8-5-16(6-9-17)21-13-20(24-12-11-23-14-24)19-10-7-15-3-1-2-4-18(15)22(19)26-21/h1-12,14,20-21,25H,13H2/t20-,21+/m0/s1. The summed E-state index contributed by atoms with van der Waals surface area (Å²) >= 11 is 0. The smallest absolute Gasteiger partial charge is 0.133 e. The first-order valence-electron chi connectivity index (χ1n) is 8.74. The van der Waals surface area contributed by atoms with Gasteiger partial charge in [0.25, 0.3) is 0 Å². The number of ether oxygens (including phenoxy) is 1. The molecule has 2 heterocycles. The molecular formula is C22H18N2O2. The molecule has 0 unspecified atom stereocenters. The molecule has 4 nitrogen and oxygen atoms in total. The zero-order valence-corrected chi connectivity index (χ0v) is 14.1. The van der Waals surface area contributed by atoms with Gasteiger partial charge in [-0.25, -0.2) is 4.98 Å². The van der Waals surface area contributed by atoms with Gasteiger partial charge in [-0.1, -0.05) is 48.5 Å². The third-order valence-corrected chi connectivity index (χ3v) is 5.12. The molecule has 26 heavy (non-hydrogen) atoms. The van der Waals surface area contributed by atoms with E-state index in [0.717, 1.165) is 23.1 Å². The van der Waals surface area contributed by atoms with Crippen LogP contribution in [-0.4, -0.2) is 14.7 Å². The van der Waals surface area contributed by atoms with Crippen LogP contribution in [0.2, 0.25) is 0 Å². The third-order valence-electron chi connectivity index (χ3n) is 5.12. The van der Waals surface area contributed by atoms with E-state index in [0.29, 0.717) is 0 Å². The van der Waals surface area contributed by atoms with Gasteiger partial charge < -0.3 is 14.4 Å². The Balaban J connectivity index is 1.68. The summed E-state index contributed by atoms with van der Waals surface area (Å²) in [5.41, 5.74) is 2.24. The Kier molecular flexibility index (Phi) is 3.42. The normalized spacial score (nSPS) is 19.1. The summed E-state index contributed by atoms with van der Waals surface area (Å²) in [6.45, 7) is 0. The van der Waals surface area contributed by atoms with Crippen LogP contribution < -0.4 is 4.74 Å². The van der Waals surface area contributed by atoms with Crippen molar-refractivity contribution < 1.29 is 9.84 Å². The van der Waals surface area contributed by atoms with Crippen molar-refractivity contribution in [3.63, 3.8) is 0 Å². The lowest BCUT2D eigenvalue weighted by Crippen LogP contribution is -2.23. The van der Waals surface area contributed by atoms with Crippen molar-refractivity contribution >= 4 is 10.8 Å². The minimum atomic E-state index is -0.0821. The van der Waals surface area contributed by atoms with E-state index in [1.54, 1.807) is 12.1 Å². The average Bonchev–Trinajstić information content (AvgIpc) is 3.22. The number of rotatable bonds is 2. The van der Waals surface area contributed by atoms with Gasteiger partial charge in [0, 0.05) is 29.8 Å². The Morgan fingerprint density at radius 3 is 2.65 bits per heavy atom. The molecule has 5 rings (SSSR count). The van der Waals surface area contributed by atoms with E-state index in [4.69, 9.17) is 4.74 Å². The van der Waals surface area contributed by atoms with E-state index >= 15 is 0 Å². The van der Waals surface area contributed by atoms with E-state index in [-0.39, 0.29) is 17.9 Å². The number of phenols is 1. The number of nitrogens with zero attached hydrogens (tertiary/aromatic N) is 2. The van der Waals surface area contributed by atoms with Gasteiger partial charge in [-0.05, 0) is 23.1 Å². The lowest BCUT2D eigenvalue weighted by atomic mass is 9.90. The van der Waals surface area contributed by atoms with Gasteiger partial charge in [-0.15, -0.1) is 0 Å². The van der Waals surface area contributed by atoms with E-state index in [2.05, 4.69) is 33.8 Å². The first-order valence-corrected chi connectivity index (χ1v) is 8.74. The van der Waals surface area contributed by atoms with Crippen molar-refractivity contribution in [2.75, 3.05) is 0 Å². The minimum absolute atomic E-state index is 0.0821. The number of hydrogen-bond acceptors (Lipinski definition) is 3. The highest BCUT2D eigenvalue weighted by molar-refractivity contribution is 5.90. The van der Waals surface area contributed by atoms with Gasteiger partial charge in [-0.2, -0.15) is 0 Å². The maximum Gasteiger partial charge on any atom is 0.133 e. The second-order valence-corrected chi connectivity index (χ2v) is 6.66. The maximum atomic E-state index is 9.60. The number of fused-ring (bicyclic) bond motifs is 3. The maximum absolute atomic E-state index is 9.60. The Morgan fingerprint density at radius 2 is 1.85 bits per heavy atom. The minimum Gasteiger partial charge on any atom is -0.508 e. The number of hydrogen-bond donors (Lipinski definition) is 1. The van der Waals surface area contributed by atoms with Gasteiger partial charge in [0.2, 0.25) is 0 Å². The van der Waals surface area contributed by atoms with Crippen molar-refractivity contribution in [3.05, 3.63) is 90.5 Å². The first kappa shape index (κ1) is 15.0. The number of aromatic hydroxyl groups is 1. The first-order chi connectivity index (χ1) is 12.8. The summed E-state index contributed by atoms with van der Waals surface area (Å²) in [7, 11) is 0.